The number of rotatable bonds is 5. The van der Waals surface area contributed by atoms with Crippen molar-refractivity contribution in [3.8, 4) is 0 Å². The molecular weight excluding hydrogens is 350 g/mol. The summed E-state index contributed by atoms with van der Waals surface area (Å²) in [6.07, 6.45) is 0.892. The maximum atomic E-state index is 12.5. The predicted octanol–water partition coefficient (Wildman–Crippen LogP) is 3.26. The average molecular weight is 382 g/mol. The summed E-state index contributed by atoms with van der Waals surface area (Å²) in [5, 5.41) is 2.99. The average Bonchev–Trinajstić information content (AvgIpc) is 2.69. The minimum absolute atomic E-state index is 0.130. The number of nitrogens with one attached hydrogen (secondary N) is 1. The van der Waals surface area contributed by atoms with E-state index in [2.05, 4.69) is 64.1 Å². The van der Waals surface area contributed by atoms with Gasteiger partial charge >= 0.3 is 0 Å². The van der Waals surface area contributed by atoms with E-state index < -0.39 is 0 Å². The van der Waals surface area contributed by atoms with E-state index in [-0.39, 0.29) is 11.9 Å². The molecule has 6 nitrogen and oxygen atoms in total. The zero-order valence-corrected chi connectivity index (χ0v) is 17.6. The first kappa shape index (κ1) is 20.1. The molecule has 150 valence electrons. The standard InChI is InChI=1S/C22H31N5O/c1-6-16(3)23-22(28)19-14-21(25-18(5)24-19)27-12-10-26(11-13-27)20-9-7-8-15(2)17(20)4/h7-9,14,16H,6,10-13H2,1-5H3,(H,23,28). The van der Waals surface area contributed by atoms with E-state index in [1.807, 2.05) is 19.9 Å². The third-order valence-corrected chi connectivity index (χ3v) is 5.57. The summed E-state index contributed by atoms with van der Waals surface area (Å²) in [6.45, 7) is 13.8. The van der Waals surface area contributed by atoms with Gasteiger partial charge in [0.25, 0.3) is 5.91 Å². The lowest BCUT2D eigenvalue weighted by atomic mass is 10.1. The smallest absolute Gasteiger partial charge is 0.270 e. The Kier molecular flexibility index (Phi) is 6.17. The number of hydrogen-bond donors (Lipinski definition) is 1. The van der Waals surface area contributed by atoms with E-state index >= 15 is 0 Å². The molecule has 1 amide bonds. The van der Waals surface area contributed by atoms with Gasteiger partial charge in [-0.1, -0.05) is 19.1 Å². The summed E-state index contributed by atoms with van der Waals surface area (Å²) in [6, 6.07) is 8.43. The molecule has 0 bridgehead atoms. The minimum Gasteiger partial charge on any atom is -0.368 e. The van der Waals surface area contributed by atoms with Crippen molar-refractivity contribution in [2.75, 3.05) is 36.0 Å². The van der Waals surface area contributed by atoms with Crippen LogP contribution < -0.4 is 15.1 Å². The number of benzene rings is 1. The van der Waals surface area contributed by atoms with Crippen LogP contribution >= 0.6 is 0 Å². The van der Waals surface area contributed by atoms with Gasteiger partial charge in [-0.15, -0.1) is 0 Å². The lowest BCUT2D eigenvalue weighted by Crippen LogP contribution is -2.47. The van der Waals surface area contributed by atoms with Gasteiger partial charge in [0.2, 0.25) is 0 Å². The SMILES string of the molecule is CCC(C)NC(=O)c1cc(N2CCN(c3cccc(C)c3C)CC2)nc(C)n1. The molecule has 2 heterocycles. The molecule has 3 rings (SSSR count). The van der Waals surface area contributed by atoms with E-state index in [0.29, 0.717) is 11.5 Å². The van der Waals surface area contributed by atoms with Crippen LogP contribution in [-0.2, 0) is 0 Å². The lowest BCUT2D eigenvalue weighted by Gasteiger charge is -2.37. The number of amides is 1. The predicted molar refractivity (Wildman–Crippen MR) is 114 cm³/mol. The van der Waals surface area contributed by atoms with Gasteiger partial charge < -0.3 is 15.1 Å². The molecule has 0 aliphatic carbocycles. The van der Waals surface area contributed by atoms with Crippen molar-refractivity contribution in [2.45, 2.75) is 47.1 Å². The Bertz CT molecular complexity index is 843. The quantitative estimate of drug-likeness (QED) is 0.861. The second-order valence-corrected chi connectivity index (χ2v) is 7.63. The van der Waals surface area contributed by atoms with Crippen molar-refractivity contribution < 1.29 is 4.79 Å². The van der Waals surface area contributed by atoms with Gasteiger partial charge in [-0.3, -0.25) is 4.79 Å². The highest BCUT2D eigenvalue weighted by molar-refractivity contribution is 5.93. The van der Waals surface area contributed by atoms with Crippen molar-refractivity contribution in [3.63, 3.8) is 0 Å². The number of piperazine rings is 1. The second kappa shape index (κ2) is 8.59. The van der Waals surface area contributed by atoms with E-state index in [1.165, 1.54) is 16.8 Å². The highest BCUT2D eigenvalue weighted by Gasteiger charge is 2.21. The third-order valence-electron chi connectivity index (χ3n) is 5.57. The number of carbonyl (C=O) groups excluding carboxylic acids is 1. The zero-order valence-electron chi connectivity index (χ0n) is 17.6. The number of aromatic nitrogens is 2. The summed E-state index contributed by atoms with van der Waals surface area (Å²) >= 11 is 0. The molecule has 1 atom stereocenters. The van der Waals surface area contributed by atoms with Crippen molar-refractivity contribution >= 4 is 17.4 Å². The molecule has 1 aliphatic rings. The maximum Gasteiger partial charge on any atom is 0.270 e. The number of carbonyl (C=O) groups is 1. The van der Waals surface area contributed by atoms with E-state index in [0.717, 1.165) is 38.4 Å². The molecule has 6 heteroatoms. The highest BCUT2D eigenvalue weighted by Crippen LogP contribution is 2.25. The molecule has 0 saturated carbocycles. The summed E-state index contributed by atoms with van der Waals surface area (Å²) in [5.74, 6) is 1.33. The fourth-order valence-electron chi connectivity index (χ4n) is 3.48. The van der Waals surface area contributed by atoms with E-state index in [9.17, 15) is 4.79 Å². The van der Waals surface area contributed by atoms with Crippen molar-refractivity contribution in [2.24, 2.45) is 0 Å². The van der Waals surface area contributed by atoms with E-state index in [1.54, 1.807) is 0 Å². The fraction of sp³-hybridized carbons (Fsp3) is 0.500. The molecule has 1 unspecified atom stereocenters. The topological polar surface area (TPSA) is 61.4 Å². The van der Waals surface area contributed by atoms with Gasteiger partial charge in [0.1, 0.15) is 17.3 Å². The van der Waals surface area contributed by atoms with Gasteiger partial charge in [-0.05, 0) is 51.3 Å². The first-order valence-electron chi connectivity index (χ1n) is 10.1. The zero-order chi connectivity index (χ0) is 20.3. The van der Waals surface area contributed by atoms with Crippen LogP contribution in [0.15, 0.2) is 24.3 Å². The molecule has 0 radical (unpaired) electrons. The number of anilines is 2. The summed E-state index contributed by atoms with van der Waals surface area (Å²) < 4.78 is 0. The van der Waals surface area contributed by atoms with Gasteiger partial charge in [0, 0.05) is 44.0 Å². The van der Waals surface area contributed by atoms with Crippen LogP contribution in [0.25, 0.3) is 0 Å². The van der Waals surface area contributed by atoms with Gasteiger partial charge in [-0.25, -0.2) is 9.97 Å². The lowest BCUT2D eigenvalue weighted by molar-refractivity contribution is 0.0934. The van der Waals surface area contributed by atoms with Crippen LogP contribution in [0.3, 0.4) is 0 Å². The normalized spacial score (nSPS) is 15.5. The Morgan fingerprint density at radius 1 is 1.11 bits per heavy atom. The van der Waals surface area contributed by atoms with Gasteiger partial charge in [0.15, 0.2) is 0 Å². The van der Waals surface area contributed by atoms with Crippen molar-refractivity contribution in [1.29, 1.82) is 0 Å². The molecule has 2 aromatic rings. The molecule has 1 fully saturated rings. The van der Waals surface area contributed by atoms with Crippen LogP contribution in [0.5, 0.6) is 0 Å². The Hall–Kier alpha value is -2.63. The van der Waals surface area contributed by atoms with Crippen LogP contribution in [0.2, 0.25) is 0 Å². The Balaban J connectivity index is 1.72. The molecule has 1 aromatic heterocycles. The number of hydrogen-bond acceptors (Lipinski definition) is 5. The molecule has 1 aliphatic heterocycles. The molecule has 28 heavy (non-hydrogen) atoms. The van der Waals surface area contributed by atoms with Crippen LogP contribution in [0.4, 0.5) is 11.5 Å². The van der Waals surface area contributed by atoms with Crippen LogP contribution in [0, 0.1) is 20.8 Å². The largest absolute Gasteiger partial charge is 0.368 e. The first-order valence-corrected chi connectivity index (χ1v) is 10.1. The third kappa shape index (κ3) is 4.43. The number of nitrogens with zero attached hydrogens (tertiary/aromatic N) is 4. The molecular formula is C22H31N5O. The Morgan fingerprint density at radius 2 is 1.79 bits per heavy atom. The Morgan fingerprint density at radius 3 is 2.46 bits per heavy atom. The van der Waals surface area contributed by atoms with Crippen molar-refractivity contribution in [3.05, 3.63) is 46.9 Å². The first-order chi connectivity index (χ1) is 13.4. The van der Waals surface area contributed by atoms with Crippen LogP contribution in [-0.4, -0.2) is 48.1 Å². The summed E-state index contributed by atoms with van der Waals surface area (Å²) in [5.41, 5.74) is 4.42. The molecule has 0 spiro atoms. The van der Waals surface area contributed by atoms with Crippen LogP contribution in [0.1, 0.15) is 47.7 Å². The van der Waals surface area contributed by atoms with Gasteiger partial charge in [0.05, 0.1) is 0 Å². The second-order valence-electron chi connectivity index (χ2n) is 7.63. The van der Waals surface area contributed by atoms with Crippen molar-refractivity contribution in [1.82, 2.24) is 15.3 Å². The maximum absolute atomic E-state index is 12.5. The van der Waals surface area contributed by atoms with Gasteiger partial charge in [-0.2, -0.15) is 0 Å². The molecule has 1 aromatic carbocycles. The highest BCUT2D eigenvalue weighted by atomic mass is 16.1. The minimum atomic E-state index is -0.130. The molecule has 1 N–H and O–H groups in total. The Labute approximate surface area is 168 Å². The fourth-order valence-corrected chi connectivity index (χ4v) is 3.48. The molecule has 1 saturated heterocycles. The monoisotopic (exact) mass is 381 g/mol. The summed E-state index contributed by atoms with van der Waals surface area (Å²) in [4.78, 5) is 26.1. The van der Waals surface area contributed by atoms with E-state index in [4.69, 9.17) is 0 Å². The number of aryl methyl sites for hydroxylation is 2. The summed E-state index contributed by atoms with van der Waals surface area (Å²) in [7, 11) is 0.